The molecule has 0 spiro atoms. The van der Waals surface area contributed by atoms with E-state index in [1.807, 2.05) is 56.3 Å². The Morgan fingerprint density at radius 3 is 2.42 bits per heavy atom. The van der Waals surface area contributed by atoms with Gasteiger partial charge in [-0.25, -0.2) is 9.78 Å². The van der Waals surface area contributed by atoms with Crippen molar-refractivity contribution >= 4 is 39.1 Å². The van der Waals surface area contributed by atoms with Crippen LogP contribution in [-0.2, 0) is 17.6 Å². The molecule has 33 heavy (non-hydrogen) atoms. The lowest BCUT2D eigenvalue weighted by Crippen LogP contribution is -2.15. The van der Waals surface area contributed by atoms with E-state index in [1.54, 1.807) is 0 Å². The predicted molar refractivity (Wildman–Crippen MR) is 134 cm³/mol. The predicted octanol–water partition coefficient (Wildman–Crippen LogP) is 6.44. The van der Waals surface area contributed by atoms with Crippen LogP contribution in [0.5, 0.6) is 0 Å². The average molecular weight is 459 g/mol. The highest BCUT2D eigenvalue weighted by molar-refractivity contribution is 7.16. The van der Waals surface area contributed by atoms with E-state index in [4.69, 9.17) is 9.72 Å². The smallest absolute Gasteiger partial charge is 0.341 e. The highest BCUT2D eigenvalue weighted by atomic mass is 32.1. The lowest BCUT2D eigenvalue weighted by Gasteiger charge is -2.11. The SMILES string of the molecule is CCc1ccc(-c2cc(C(=O)Nc3sc(C)c(CC)c3C(=O)OC)c3ccccc3n2)cc1. The summed E-state index contributed by atoms with van der Waals surface area (Å²) in [4.78, 5) is 31.8. The first-order valence-corrected chi connectivity index (χ1v) is 11.8. The second kappa shape index (κ2) is 9.55. The minimum Gasteiger partial charge on any atom is -0.465 e. The van der Waals surface area contributed by atoms with Gasteiger partial charge in [0.15, 0.2) is 0 Å². The zero-order valence-electron chi connectivity index (χ0n) is 19.2. The third-order valence-corrected chi connectivity index (χ3v) is 6.86. The maximum atomic E-state index is 13.5. The van der Waals surface area contributed by atoms with Crippen LogP contribution >= 0.6 is 11.3 Å². The van der Waals surface area contributed by atoms with Gasteiger partial charge in [-0.1, -0.05) is 56.3 Å². The molecule has 0 radical (unpaired) electrons. The van der Waals surface area contributed by atoms with Gasteiger partial charge in [-0.15, -0.1) is 11.3 Å². The summed E-state index contributed by atoms with van der Waals surface area (Å²) in [5.41, 5.74) is 5.50. The number of ether oxygens (including phenoxy) is 1. The largest absolute Gasteiger partial charge is 0.465 e. The topological polar surface area (TPSA) is 68.3 Å². The first-order chi connectivity index (χ1) is 16.0. The maximum absolute atomic E-state index is 13.5. The fourth-order valence-electron chi connectivity index (χ4n) is 4.00. The van der Waals surface area contributed by atoms with Crippen molar-refractivity contribution in [1.29, 1.82) is 0 Å². The van der Waals surface area contributed by atoms with Gasteiger partial charge in [0.25, 0.3) is 5.91 Å². The Balaban J connectivity index is 1.79. The van der Waals surface area contributed by atoms with Crippen molar-refractivity contribution in [3.8, 4) is 11.3 Å². The summed E-state index contributed by atoms with van der Waals surface area (Å²) in [6.07, 6.45) is 1.64. The molecule has 0 unspecified atom stereocenters. The first-order valence-electron chi connectivity index (χ1n) is 11.0. The molecular weight excluding hydrogens is 432 g/mol. The van der Waals surface area contributed by atoms with E-state index in [0.717, 1.165) is 39.0 Å². The lowest BCUT2D eigenvalue weighted by atomic mass is 10.0. The number of aromatic nitrogens is 1. The molecule has 6 heteroatoms. The first kappa shape index (κ1) is 22.7. The number of nitrogens with one attached hydrogen (secondary N) is 1. The van der Waals surface area contributed by atoms with Crippen molar-refractivity contribution in [1.82, 2.24) is 4.98 Å². The van der Waals surface area contributed by atoms with Crippen molar-refractivity contribution < 1.29 is 14.3 Å². The molecule has 0 bridgehead atoms. The number of hydrogen-bond acceptors (Lipinski definition) is 5. The number of rotatable bonds is 6. The molecule has 2 aromatic carbocycles. The van der Waals surface area contributed by atoms with Crippen molar-refractivity contribution in [3.63, 3.8) is 0 Å². The van der Waals surface area contributed by atoms with Gasteiger partial charge in [-0.05, 0) is 43.0 Å². The number of aryl methyl sites for hydroxylation is 2. The van der Waals surface area contributed by atoms with Crippen LogP contribution in [0.15, 0.2) is 54.6 Å². The lowest BCUT2D eigenvalue weighted by molar-refractivity contribution is 0.0601. The summed E-state index contributed by atoms with van der Waals surface area (Å²) in [5, 5.41) is 4.24. The summed E-state index contributed by atoms with van der Waals surface area (Å²) < 4.78 is 4.99. The number of anilines is 1. The van der Waals surface area contributed by atoms with Crippen molar-refractivity contribution in [2.75, 3.05) is 12.4 Å². The Hall–Kier alpha value is -3.51. The normalized spacial score (nSPS) is 10.9. The maximum Gasteiger partial charge on any atom is 0.341 e. The molecule has 0 aliphatic heterocycles. The standard InChI is InChI=1S/C27H26N2O3S/c1-5-17-11-13-18(14-12-17)23-15-21(20-9-7-8-10-22(20)28-23)25(30)29-26-24(27(31)32-4)19(6-2)16(3)33-26/h7-15H,5-6H2,1-4H3,(H,29,30). The molecule has 4 rings (SSSR count). The number of carbonyl (C=O) groups excluding carboxylic acids is 2. The fourth-order valence-corrected chi connectivity index (χ4v) is 5.13. The number of benzene rings is 2. The van der Waals surface area contributed by atoms with E-state index >= 15 is 0 Å². The molecule has 4 aromatic rings. The van der Waals surface area contributed by atoms with E-state index in [9.17, 15) is 9.59 Å². The number of methoxy groups -OCH3 is 1. The quantitative estimate of drug-likeness (QED) is 0.338. The Morgan fingerprint density at radius 1 is 1.03 bits per heavy atom. The van der Waals surface area contributed by atoms with Crippen LogP contribution in [-0.4, -0.2) is 24.0 Å². The number of thiophene rings is 1. The number of nitrogens with zero attached hydrogens (tertiary/aromatic N) is 1. The van der Waals surface area contributed by atoms with Gasteiger partial charge in [0.1, 0.15) is 5.00 Å². The highest BCUT2D eigenvalue weighted by Gasteiger charge is 2.24. The Kier molecular flexibility index (Phi) is 6.56. The van der Waals surface area contributed by atoms with Gasteiger partial charge in [-0.3, -0.25) is 4.79 Å². The van der Waals surface area contributed by atoms with E-state index in [2.05, 4.69) is 24.4 Å². The van der Waals surface area contributed by atoms with Crippen LogP contribution in [0.2, 0.25) is 0 Å². The van der Waals surface area contributed by atoms with Crippen LogP contribution in [0.4, 0.5) is 5.00 Å². The fraction of sp³-hybridized carbons (Fsp3) is 0.222. The molecule has 1 amide bonds. The Labute approximate surface area is 197 Å². The summed E-state index contributed by atoms with van der Waals surface area (Å²) in [5.74, 6) is -0.725. The van der Waals surface area contributed by atoms with Gasteiger partial charge in [0.05, 0.1) is 29.4 Å². The second-order valence-corrected chi connectivity index (χ2v) is 8.99. The van der Waals surface area contributed by atoms with E-state index in [1.165, 1.54) is 24.0 Å². The average Bonchev–Trinajstić information content (AvgIpc) is 3.17. The minimum atomic E-state index is -0.442. The van der Waals surface area contributed by atoms with Crippen molar-refractivity contribution in [3.05, 3.63) is 81.7 Å². The third kappa shape index (κ3) is 4.39. The molecule has 2 aromatic heterocycles. The summed E-state index contributed by atoms with van der Waals surface area (Å²) in [6.45, 7) is 6.05. The zero-order chi connectivity index (χ0) is 23.5. The van der Waals surface area contributed by atoms with Gasteiger partial charge in [0.2, 0.25) is 0 Å². The molecule has 2 heterocycles. The van der Waals surface area contributed by atoms with Gasteiger partial charge in [0, 0.05) is 15.8 Å². The van der Waals surface area contributed by atoms with Crippen molar-refractivity contribution in [2.45, 2.75) is 33.6 Å². The molecule has 0 fully saturated rings. The summed E-state index contributed by atoms with van der Waals surface area (Å²) >= 11 is 1.39. The molecule has 0 saturated heterocycles. The van der Waals surface area contributed by atoms with E-state index in [0.29, 0.717) is 22.5 Å². The van der Waals surface area contributed by atoms with Crippen LogP contribution in [0, 0.1) is 6.92 Å². The van der Waals surface area contributed by atoms with Gasteiger partial charge in [-0.2, -0.15) is 0 Å². The number of hydrogen-bond donors (Lipinski definition) is 1. The van der Waals surface area contributed by atoms with E-state index < -0.39 is 5.97 Å². The van der Waals surface area contributed by atoms with Gasteiger partial charge < -0.3 is 10.1 Å². The number of pyridine rings is 1. The third-order valence-electron chi connectivity index (χ3n) is 5.80. The van der Waals surface area contributed by atoms with E-state index in [-0.39, 0.29) is 5.91 Å². The molecule has 0 aliphatic carbocycles. The number of carbonyl (C=O) groups is 2. The van der Waals surface area contributed by atoms with Crippen LogP contribution < -0.4 is 5.32 Å². The number of esters is 1. The van der Waals surface area contributed by atoms with Crippen molar-refractivity contribution in [2.24, 2.45) is 0 Å². The number of fused-ring (bicyclic) bond motifs is 1. The number of amides is 1. The molecule has 5 nitrogen and oxygen atoms in total. The molecule has 1 N–H and O–H groups in total. The molecular formula is C27H26N2O3S. The van der Waals surface area contributed by atoms with Gasteiger partial charge >= 0.3 is 5.97 Å². The van der Waals surface area contributed by atoms with Crippen LogP contribution in [0.3, 0.4) is 0 Å². The molecule has 0 aliphatic rings. The molecule has 0 atom stereocenters. The summed E-state index contributed by atoms with van der Waals surface area (Å²) in [7, 11) is 1.35. The number of para-hydroxylation sites is 1. The molecule has 0 saturated carbocycles. The van der Waals surface area contributed by atoms with Crippen LogP contribution in [0.25, 0.3) is 22.2 Å². The summed E-state index contributed by atoms with van der Waals surface area (Å²) in [6, 6.07) is 17.6. The second-order valence-electron chi connectivity index (χ2n) is 7.76. The minimum absolute atomic E-state index is 0.283. The van der Waals surface area contributed by atoms with Crippen LogP contribution in [0.1, 0.15) is 50.6 Å². The highest BCUT2D eigenvalue weighted by Crippen LogP contribution is 2.35. The zero-order valence-corrected chi connectivity index (χ0v) is 20.0. The monoisotopic (exact) mass is 458 g/mol. The Bertz CT molecular complexity index is 1340. The Morgan fingerprint density at radius 2 is 1.76 bits per heavy atom. The molecule has 168 valence electrons.